The van der Waals surface area contributed by atoms with Gasteiger partial charge in [0.15, 0.2) is 0 Å². The number of phosphoric acid groups is 1. The van der Waals surface area contributed by atoms with Gasteiger partial charge in [-0.25, -0.2) is 4.57 Å². The van der Waals surface area contributed by atoms with E-state index in [1.165, 1.54) is 77.0 Å². The largest absolute Gasteiger partial charge is 0.480 e. The van der Waals surface area contributed by atoms with Crippen molar-refractivity contribution in [2.24, 2.45) is 5.73 Å². The zero-order valence-corrected chi connectivity index (χ0v) is 35.0. The van der Waals surface area contributed by atoms with Gasteiger partial charge < -0.3 is 25.2 Å². The molecule has 0 heterocycles. The first-order chi connectivity index (χ1) is 26.2. The van der Waals surface area contributed by atoms with Gasteiger partial charge >= 0.3 is 19.8 Å². The number of phosphoric ester groups is 1. The number of carboxylic acid groups (broad SMARTS) is 1. The fraction of sp³-hybridized carbons (Fsp3) is 0.767. The number of unbranched alkanes of at least 4 members (excludes halogenated alkanes) is 18. The number of carboxylic acids is 1. The third kappa shape index (κ3) is 38.2. The van der Waals surface area contributed by atoms with Crippen LogP contribution in [0.15, 0.2) is 48.6 Å². The molecule has 0 aromatic rings. The van der Waals surface area contributed by atoms with E-state index in [0.717, 1.165) is 70.6 Å². The molecule has 0 bridgehead atoms. The van der Waals surface area contributed by atoms with Gasteiger partial charge in [-0.2, -0.15) is 0 Å². The molecule has 0 aliphatic heterocycles. The fourth-order valence-electron chi connectivity index (χ4n) is 5.59. The summed E-state index contributed by atoms with van der Waals surface area (Å²) in [6, 6.07) is -1.47. The Morgan fingerprint density at radius 1 is 0.611 bits per heavy atom. The maximum atomic E-state index is 12.6. The second-order valence-corrected chi connectivity index (χ2v) is 15.5. The number of rotatable bonds is 40. The maximum absolute atomic E-state index is 12.6. The van der Waals surface area contributed by atoms with Gasteiger partial charge in [0.1, 0.15) is 12.1 Å². The first-order valence-electron chi connectivity index (χ1n) is 21.2. The summed E-state index contributed by atoms with van der Waals surface area (Å²) in [6.45, 7) is 3.73. The molecular formula is C43H78NO9P. The highest BCUT2D eigenvalue weighted by Crippen LogP contribution is 2.43. The first kappa shape index (κ1) is 51.9. The van der Waals surface area contributed by atoms with E-state index in [4.69, 9.17) is 29.4 Å². The molecule has 0 amide bonds. The van der Waals surface area contributed by atoms with E-state index in [1.54, 1.807) is 0 Å². The molecule has 0 aromatic carbocycles. The number of hydrogen-bond donors (Lipinski definition) is 3. The lowest BCUT2D eigenvalue weighted by Gasteiger charge is -2.20. The lowest BCUT2D eigenvalue weighted by atomic mass is 10.0. The number of carbonyl (C=O) groups excluding carboxylic acids is 1. The van der Waals surface area contributed by atoms with Gasteiger partial charge in [0.05, 0.1) is 19.8 Å². The van der Waals surface area contributed by atoms with Crippen LogP contribution in [-0.2, 0) is 32.7 Å². The Kier molecular flexibility index (Phi) is 37.7. The van der Waals surface area contributed by atoms with Crippen LogP contribution in [0.4, 0.5) is 0 Å². The lowest BCUT2D eigenvalue weighted by molar-refractivity contribution is -0.154. The molecule has 0 aliphatic rings. The van der Waals surface area contributed by atoms with Crippen LogP contribution in [0, 0.1) is 0 Å². The van der Waals surface area contributed by atoms with Crippen molar-refractivity contribution in [3.05, 3.63) is 48.6 Å². The Balaban J connectivity index is 4.23. The summed E-state index contributed by atoms with van der Waals surface area (Å²) in [5, 5.41) is 8.88. The third-order valence-electron chi connectivity index (χ3n) is 8.87. The Hall–Kier alpha value is -2.07. The maximum Gasteiger partial charge on any atom is 0.472 e. The van der Waals surface area contributed by atoms with Gasteiger partial charge in [-0.3, -0.25) is 18.6 Å². The van der Waals surface area contributed by atoms with Crippen LogP contribution < -0.4 is 5.73 Å². The highest BCUT2D eigenvalue weighted by atomic mass is 31.2. The molecule has 0 radical (unpaired) electrons. The van der Waals surface area contributed by atoms with Gasteiger partial charge in [0.25, 0.3) is 0 Å². The number of allylic oxidation sites excluding steroid dienone is 8. The van der Waals surface area contributed by atoms with Crippen molar-refractivity contribution in [1.82, 2.24) is 0 Å². The van der Waals surface area contributed by atoms with E-state index in [-0.39, 0.29) is 13.0 Å². The van der Waals surface area contributed by atoms with Crippen LogP contribution in [0.2, 0.25) is 0 Å². The minimum atomic E-state index is -4.62. The van der Waals surface area contributed by atoms with Crippen molar-refractivity contribution in [2.45, 2.75) is 187 Å². The van der Waals surface area contributed by atoms with Gasteiger partial charge in [0, 0.05) is 13.0 Å². The predicted molar refractivity (Wildman–Crippen MR) is 221 cm³/mol. The van der Waals surface area contributed by atoms with Crippen molar-refractivity contribution in [3.8, 4) is 0 Å². The van der Waals surface area contributed by atoms with E-state index in [0.29, 0.717) is 13.0 Å². The van der Waals surface area contributed by atoms with Crippen LogP contribution in [0.5, 0.6) is 0 Å². The van der Waals surface area contributed by atoms with Gasteiger partial charge in [-0.05, 0) is 51.4 Å². The third-order valence-corrected chi connectivity index (χ3v) is 9.82. The minimum absolute atomic E-state index is 0.0100. The average molecular weight is 784 g/mol. The summed E-state index contributed by atoms with van der Waals surface area (Å²) in [5.41, 5.74) is 5.35. The van der Waals surface area contributed by atoms with E-state index in [9.17, 15) is 19.0 Å². The average Bonchev–Trinajstić information content (AvgIpc) is 3.15. The van der Waals surface area contributed by atoms with E-state index >= 15 is 0 Å². The zero-order valence-electron chi connectivity index (χ0n) is 34.1. The highest BCUT2D eigenvalue weighted by Gasteiger charge is 2.27. The molecule has 314 valence electrons. The first-order valence-corrected chi connectivity index (χ1v) is 22.7. The lowest BCUT2D eigenvalue weighted by Crippen LogP contribution is -2.34. The number of nitrogens with two attached hydrogens (primary N) is 1. The molecule has 3 atom stereocenters. The topological polar surface area (TPSA) is 155 Å². The van der Waals surface area contributed by atoms with Crippen molar-refractivity contribution >= 4 is 19.8 Å². The van der Waals surface area contributed by atoms with Crippen LogP contribution in [0.3, 0.4) is 0 Å². The molecule has 0 saturated heterocycles. The number of hydrogen-bond acceptors (Lipinski definition) is 8. The molecule has 11 heteroatoms. The van der Waals surface area contributed by atoms with Crippen molar-refractivity contribution in [1.29, 1.82) is 0 Å². The smallest absolute Gasteiger partial charge is 0.472 e. The Morgan fingerprint density at radius 2 is 1.07 bits per heavy atom. The molecular weight excluding hydrogens is 705 g/mol. The minimum Gasteiger partial charge on any atom is -0.480 e. The monoisotopic (exact) mass is 784 g/mol. The van der Waals surface area contributed by atoms with Crippen LogP contribution in [0.1, 0.15) is 174 Å². The summed E-state index contributed by atoms with van der Waals surface area (Å²) in [4.78, 5) is 33.5. The molecule has 0 saturated carbocycles. The molecule has 0 aliphatic carbocycles. The molecule has 0 spiro atoms. The predicted octanol–water partition coefficient (Wildman–Crippen LogP) is 11.5. The molecule has 10 nitrogen and oxygen atoms in total. The molecule has 54 heavy (non-hydrogen) atoms. The van der Waals surface area contributed by atoms with Crippen LogP contribution in [0.25, 0.3) is 0 Å². The normalized spacial score (nSPS) is 14.4. The van der Waals surface area contributed by atoms with Crippen molar-refractivity contribution in [2.75, 3.05) is 26.4 Å². The SMILES string of the molecule is CC/C=C\C/C=C\C/C=C\C/C=C\CCCCCCCCCOCC(COP(=O)(O)OCC(N)C(=O)O)OC(=O)CCCCCCCCCCCCCC. The summed E-state index contributed by atoms with van der Waals surface area (Å²) < 4.78 is 33.3. The number of carbonyl (C=O) groups is 2. The second kappa shape index (κ2) is 39.2. The van der Waals surface area contributed by atoms with Gasteiger partial charge in [-0.15, -0.1) is 0 Å². The fourth-order valence-corrected chi connectivity index (χ4v) is 6.37. The zero-order chi connectivity index (χ0) is 39.8. The van der Waals surface area contributed by atoms with Crippen LogP contribution in [-0.4, -0.2) is 60.5 Å². The Morgan fingerprint density at radius 3 is 1.61 bits per heavy atom. The Labute approximate surface area is 329 Å². The summed E-state index contributed by atoms with van der Waals surface area (Å²) >= 11 is 0. The number of aliphatic carboxylic acids is 1. The molecule has 0 aromatic heterocycles. The number of ether oxygens (including phenoxy) is 2. The van der Waals surface area contributed by atoms with Crippen molar-refractivity contribution < 1.29 is 42.7 Å². The summed E-state index contributed by atoms with van der Waals surface area (Å²) in [7, 11) is -4.62. The van der Waals surface area contributed by atoms with E-state index in [2.05, 4.69) is 62.5 Å². The highest BCUT2D eigenvalue weighted by molar-refractivity contribution is 7.47. The molecule has 3 unspecified atom stereocenters. The number of esters is 1. The van der Waals surface area contributed by atoms with Gasteiger partial charge in [0.2, 0.25) is 0 Å². The molecule has 4 N–H and O–H groups in total. The summed E-state index contributed by atoms with van der Waals surface area (Å²) in [6.07, 6.45) is 44.5. The van der Waals surface area contributed by atoms with Gasteiger partial charge in [-0.1, -0.05) is 165 Å². The standard InChI is InChI=1S/C43H78NO9P/c1-3-5-7-9-11-13-15-17-18-19-20-21-22-23-24-26-28-30-32-34-36-50-37-40(38-51-54(48,49)52-39-41(44)43(46)47)53-42(45)35-33-31-29-27-25-16-14-12-10-8-6-4-2/h5,7,11,13,17-18,20-21,40-41H,3-4,6,8-10,12,14-16,19,22-39,44H2,1-2H3,(H,46,47)(H,48,49)/b7-5-,13-11-,18-17-,21-20-. The van der Waals surface area contributed by atoms with E-state index in [1.807, 2.05) is 0 Å². The van der Waals surface area contributed by atoms with Crippen molar-refractivity contribution in [3.63, 3.8) is 0 Å². The molecule has 0 fully saturated rings. The molecule has 0 rings (SSSR count). The van der Waals surface area contributed by atoms with Crippen LogP contribution >= 0.6 is 7.82 Å². The Bertz CT molecular complexity index is 1050. The summed E-state index contributed by atoms with van der Waals surface area (Å²) in [5.74, 6) is -1.78. The second-order valence-electron chi connectivity index (χ2n) is 14.1. The quantitative estimate of drug-likeness (QED) is 0.0237. The van der Waals surface area contributed by atoms with E-state index < -0.39 is 45.1 Å².